The Balaban J connectivity index is 1.98. The van der Waals surface area contributed by atoms with Crippen molar-refractivity contribution in [2.75, 3.05) is 12.8 Å². The Morgan fingerprint density at radius 2 is 1.97 bits per heavy atom. The maximum Gasteiger partial charge on any atom is 0.157 e. The smallest absolute Gasteiger partial charge is 0.157 e. The highest BCUT2D eigenvalue weighted by Gasteiger charge is 2.23. The van der Waals surface area contributed by atoms with E-state index in [0.29, 0.717) is 17.1 Å². The van der Waals surface area contributed by atoms with Crippen LogP contribution in [0, 0.1) is 5.41 Å². The van der Waals surface area contributed by atoms with Gasteiger partial charge in [0.25, 0.3) is 0 Å². The van der Waals surface area contributed by atoms with Crippen LogP contribution < -0.4 is 10.5 Å². The third-order valence-electron chi connectivity index (χ3n) is 5.74. The summed E-state index contributed by atoms with van der Waals surface area (Å²) in [6.07, 6.45) is 6.34. The van der Waals surface area contributed by atoms with Crippen molar-refractivity contribution >= 4 is 29.3 Å². The minimum absolute atomic E-state index is 0.570. The van der Waals surface area contributed by atoms with Crippen LogP contribution in [-0.4, -0.2) is 29.9 Å². The van der Waals surface area contributed by atoms with E-state index in [1.165, 1.54) is 17.3 Å². The van der Waals surface area contributed by atoms with E-state index in [1.807, 2.05) is 38.1 Å². The lowest BCUT2D eigenvalue weighted by Crippen LogP contribution is -2.26. The van der Waals surface area contributed by atoms with Gasteiger partial charge >= 0.3 is 0 Å². The number of aliphatic imine (C=N–C) groups is 2. The van der Waals surface area contributed by atoms with E-state index in [-0.39, 0.29) is 0 Å². The summed E-state index contributed by atoms with van der Waals surface area (Å²) in [5.74, 6) is 2.62. The van der Waals surface area contributed by atoms with Crippen molar-refractivity contribution in [1.82, 2.24) is 4.90 Å². The van der Waals surface area contributed by atoms with Crippen LogP contribution in [-0.2, 0) is 13.1 Å². The molecular formula is C26H33N5O. The molecule has 1 aliphatic heterocycles. The molecule has 0 fully saturated rings. The molecule has 6 heteroatoms. The van der Waals surface area contributed by atoms with E-state index in [9.17, 15) is 0 Å². The summed E-state index contributed by atoms with van der Waals surface area (Å²) < 4.78 is 5.40. The van der Waals surface area contributed by atoms with Crippen molar-refractivity contribution in [1.29, 1.82) is 5.41 Å². The molecule has 0 saturated heterocycles. The summed E-state index contributed by atoms with van der Waals surface area (Å²) in [5.41, 5.74) is 11.5. The highest BCUT2D eigenvalue weighted by Crippen LogP contribution is 2.28. The molecule has 0 spiro atoms. The Hall–Kier alpha value is -3.41. The summed E-state index contributed by atoms with van der Waals surface area (Å²) >= 11 is 0. The molecule has 168 valence electrons. The van der Waals surface area contributed by atoms with Crippen LogP contribution in [0.5, 0.6) is 5.75 Å². The minimum atomic E-state index is 0.570. The van der Waals surface area contributed by atoms with Gasteiger partial charge in [-0.1, -0.05) is 25.5 Å². The van der Waals surface area contributed by atoms with Crippen LogP contribution in [0.15, 0.2) is 58.0 Å². The molecule has 1 aliphatic rings. The molecule has 3 rings (SSSR count). The maximum absolute atomic E-state index is 7.57. The molecule has 1 heterocycles. The first-order valence-electron chi connectivity index (χ1n) is 11.1. The topological polar surface area (TPSA) is 87.1 Å². The van der Waals surface area contributed by atoms with Crippen LogP contribution in [0.4, 0.5) is 11.4 Å². The Morgan fingerprint density at radius 1 is 1.19 bits per heavy atom. The molecule has 0 aromatic heterocycles. The second-order valence-electron chi connectivity index (χ2n) is 7.99. The van der Waals surface area contributed by atoms with Gasteiger partial charge < -0.3 is 20.8 Å². The van der Waals surface area contributed by atoms with E-state index in [2.05, 4.69) is 24.0 Å². The summed E-state index contributed by atoms with van der Waals surface area (Å²) in [5, 5.41) is 7.57. The number of nitrogens with two attached hydrogens (primary N) is 1. The van der Waals surface area contributed by atoms with Crippen LogP contribution in [0.1, 0.15) is 56.7 Å². The number of hydrogen-bond acceptors (Lipinski definition) is 4. The fourth-order valence-electron chi connectivity index (χ4n) is 3.63. The monoisotopic (exact) mass is 431 g/mol. The van der Waals surface area contributed by atoms with Crippen molar-refractivity contribution in [3.05, 3.63) is 64.7 Å². The molecule has 0 amide bonds. The number of nitrogens with one attached hydrogen (secondary N) is 1. The average molecular weight is 432 g/mol. The maximum atomic E-state index is 7.57. The molecule has 0 bridgehead atoms. The molecule has 0 aliphatic carbocycles. The van der Waals surface area contributed by atoms with Crippen molar-refractivity contribution in [2.45, 2.75) is 53.1 Å². The van der Waals surface area contributed by atoms with E-state index in [0.717, 1.165) is 55.2 Å². The highest BCUT2D eigenvalue weighted by molar-refractivity contribution is 6.07. The Bertz CT molecular complexity index is 1070. The summed E-state index contributed by atoms with van der Waals surface area (Å²) in [4.78, 5) is 12.2. The molecule has 32 heavy (non-hydrogen) atoms. The van der Waals surface area contributed by atoms with Gasteiger partial charge in [-0.3, -0.25) is 0 Å². The average Bonchev–Trinajstić information content (AvgIpc) is 3.24. The Morgan fingerprint density at radius 3 is 2.66 bits per heavy atom. The Labute approximate surface area is 191 Å². The van der Waals surface area contributed by atoms with Gasteiger partial charge in [0.1, 0.15) is 11.6 Å². The number of nitrogens with zero attached hydrogens (tertiary/aromatic N) is 3. The number of rotatable bonds is 7. The van der Waals surface area contributed by atoms with Gasteiger partial charge in [0.2, 0.25) is 0 Å². The predicted octanol–water partition coefficient (Wildman–Crippen LogP) is 5.88. The molecule has 2 aromatic rings. The zero-order chi connectivity index (χ0) is 23.1. The van der Waals surface area contributed by atoms with Crippen molar-refractivity contribution in [3.63, 3.8) is 0 Å². The number of hydrogen-bond donors (Lipinski definition) is 2. The zero-order valence-electron chi connectivity index (χ0n) is 19.5. The second-order valence-corrected chi connectivity index (χ2v) is 7.99. The van der Waals surface area contributed by atoms with Crippen molar-refractivity contribution < 1.29 is 4.74 Å². The number of anilines is 1. The van der Waals surface area contributed by atoms with Gasteiger partial charge in [0.15, 0.2) is 5.84 Å². The molecule has 0 radical (unpaired) electrons. The van der Waals surface area contributed by atoms with Crippen LogP contribution in [0.25, 0.3) is 0 Å². The number of allylic oxidation sites excluding steroid dienone is 1. The van der Waals surface area contributed by atoms with Gasteiger partial charge in [0, 0.05) is 37.0 Å². The largest absolute Gasteiger partial charge is 0.497 e. The number of ether oxygens (including phenoxy) is 1. The summed E-state index contributed by atoms with van der Waals surface area (Å²) in [7, 11) is 1.70. The molecule has 0 unspecified atom stereocenters. The molecule has 2 aromatic carbocycles. The van der Waals surface area contributed by atoms with Gasteiger partial charge in [-0.05, 0) is 67.3 Å². The standard InChI is InChI=1S/C26H33N5O/c1-5-7-8-25(31-16-19-9-11-23(32-4)14-21(19)17-31)30-26(18(3)6-2)29-22-10-12-24(28)20(13-22)15-27/h6,9-15,27H,5,7-8,16-17,28H2,1-4H3/b18-6-,27-15?,29-26?,30-25?. The quantitative estimate of drug-likeness (QED) is 0.326. The van der Waals surface area contributed by atoms with Gasteiger partial charge in [0.05, 0.1) is 12.8 Å². The van der Waals surface area contributed by atoms with Crippen LogP contribution in [0.3, 0.4) is 0 Å². The van der Waals surface area contributed by atoms with E-state index >= 15 is 0 Å². The van der Waals surface area contributed by atoms with Gasteiger partial charge in [-0.25, -0.2) is 9.98 Å². The van der Waals surface area contributed by atoms with E-state index in [4.69, 9.17) is 25.9 Å². The lowest BCUT2D eigenvalue weighted by molar-refractivity contribution is 0.413. The SMILES string of the molecule is C/C=C(/C)C(=Nc1ccc(N)c(C=N)c1)N=C(CCCC)N1Cc2ccc(OC)cc2C1. The number of unbranched alkanes of at least 4 members (excludes halogenated alkanes) is 1. The first kappa shape index (κ1) is 23.3. The second kappa shape index (κ2) is 10.8. The molecule has 0 atom stereocenters. The van der Waals surface area contributed by atoms with Crippen LogP contribution >= 0.6 is 0 Å². The fraction of sp³-hybridized carbons (Fsp3) is 0.346. The minimum Gasteiger partial charge on any atom is -0.497 e. The number of methoxy groups -OCH3 is 1. The third kappa shape index (κ3) is 5.44. The van der Waals surface area contributed by atoms with Crippen molar-refractivity contribution in [2.24, 2.45) is 9.98 Å². The number of amidine groups is 2. The molecule has 3 N–H and O–H groups in total. The van der Waals surface area contributed by atoms with Crippen molar-refractivity contribution in [3.8, 4) is 5.75 Å². The molecule has 0 saturated carbocycles. The third-order valence-corrected chi connectivity index (χ3v) is 5.74. The lowest BCUT2D eigenvalue weighted by atomic mass is 10.1. The zero-order valence-corrected chi connectivity index (χ0v) is 19.5. The van der Waals surface area contributed by atoms with Crippen LogP contribution in [0.2, 0.25) is 0 Å². The normalized spacial score (nSPS) is 14.5. The summed E-state index contributed by atoms with van der Waals surface area (Å²) in [6, 6.07) is 11.8. The highest BCUT2D eigenvalue weighted by atomic mass is 16.5. The van der Waals surface area contributed by atoms with Gasteiger partial charge in [-0.2, -0.15) is 0 Å². The predicted molar refractivity (Wildman–Crippen MR) is 134 cm³/mol. The fourth-order valence-corrected chi connectivity index (χ4v) is 3.63. The number of fused-ring (bicyclic) bond motifs is 1. The molecular weight excluding hydrogens is 398 g/mol. The molecule has 6 nitrogen and oxygen atoms in total. The van der Waals surface area contributed by atoms with E-state index in [1.54, 1.807) is 13.2 Å². The number of benzene rings is 2. The lowest BCUT2D eigenvalue weighted by Gasteiger charge is -2.21. The summed E-state index contributed by atoms with van der Waals surface area (Å²) in [6.45, 7) is 7.87. The first-order chi connectivity index (χ1) is 15.5. The Kier molecular flexibility index (Phi) is 7.82. The number of nitrogen functional groups attached to an aromatic ring is 1. The van der Waals surface area contributed by atoms with Gasteiger partial charge in [-0.15, -0.1) is 0 Å². The first-order valence-corrected chi connectivity index (χ1v) is 11.1. The van der Waals surface area contributed by atoms with E-state index < -0.39 is 0 Å².